The number of hydrogen-bond donors (Lipinski definition) is 0. The van der Waals surface area contributed by atoms with Crippen LogP contribution in [0.15, 0.2) is 29.5 Å². The second kappa shape index (κ2) is 8.75. The molecule has 1 heterocycles. The van der Waals surface area contributed by atoms with E-state index in [0.29, 0.717) is 5.69 Å². The maximum Gasteiger partial charge on any atom is 0.355 e. The van der Waals surface area contributed by atoms with E-state index in [1.807, 2.05) is 0 Å². The quantitative estimate of drug-likeness (QED) is 0.551. The second-order valence-corrected chi connectivity index (χ2v) is 5.23. The van der Waals surface area contributed by atoms with E-state index in [0.717, 1.165) is 0 Å². The first kappa shape index (κ1) is 19.8. The van der Waals surface area contributed by atoms with Gasteiger partial charge in [-0.05, 0) is 18.2 Å². The van der Waals surface area contributed by atoms with E-state index in [-0.39, 0.29) is 30.2 Å². The number of benzene rings is 1. The molecular formula is C17H20FNO7. The van der Waals surface area contributed by atoms with Gasteiger partial charge in [0.1, 0.15) is 18.2 Å². The van der Waals surface area contributed by atoms with E-state index in [9.17, 15) is 14.0 Å². The Morgan fingerprint density at radius 1 is 1.12 bits per heavy atom. The van der Waals surface area contributed by atoms with Crippen LogP contribution in [0.1, 0.15) is 11.9 Å². The van der Waals surface area contributed by atoms with Gasteiger partial charge in [0.2, 0.25) is 0 Å². The number of hydrogen-bond acceptors (Lipinski definition) is 8. The number of esters is 2. The standard InChI is InChI=1S/C17H20FNO7/c1-22-15(20)12-8-26-9-19(14(12)16(21)23-2)10-5-6-11(13(18)7-10)17(24-3)25-4/h5-7,17H,8-9H2,1-4H3. The summed E-state index contributed by atoms with van der Waals surface area (Å²) in [4.78, 5) is 25.5. The second-order valence-electron chi connectivity index (χ2n) is 5.23. The zero-order valence-electron chi connectivity index (χ0n) is 14.9. The smallest absolute Gasteiger partial charge is 0.355 e. The van der Waals surface area contributed by atoms with Gasteiger partial charge in [-0.3, -0.25) is 0 Å². The van der Waals surface area contributed by atoms with Crippen molar-refractivity contribution in [1.82, 2.24) is 0 Å². The zero-order chi connectivity index (χ0) is 19.3. The van der Waals surface area contributed by atoms with Crippen LogP contribution in [-0.4, -0.2) is 53.7 Å². The van der Waals surface area contributed by atoms with Crippen LogP contribution >= 0.6 is 0 Å². The SMILES string of the molecule is COC(=O)C1=C(C(=O)OC)N(c2ccc(C(OC)OC)c(F)c2)COC1. The molecular weight excluding hydrogens is 349 g/mol. The Bertz CT molecular complexity index is 715. The molecule has 1 aromatic carbocycles. The fourth-order valence-electron chi connectivity index (χ4n) is 2.57. The fourth-order valence-corrected chi connectivity index (χ4v) is 2.57. The maximum atomic E-state index is 14.5. The maximum absolute atomic E-state index is 14.5. The molecule has 2 rings (SSSR count). The largest absolute Gasteiger partial charge is 0.466 e. The van der Waals surface area contributed by atoms with Crippen LogP contribution < -0.4 is 4.90 Å². The molecule has 0 radical (unpaired) electrons. The normalized spacial score (nSPS) is 14.6. The Morgan fingerprint density at radius 3 is 2.31 bits per heavy atom. The molecule has 26 heavy (non-hydrogen) atoms. The molecule has 0 unspecified atom stereocenters. The van der Waals surface area contributed by atoms with Crippen molar-refractivity contribution in [2.75, 3.05) is 46.7 Å². The van der Waals surface area contributed by atoms with Gasteiger partial charge in [-0.1, -0.05) is 0 Å². The lowest BCUT2D eigenvalue weighted by atomic mass is 10.1. The predicted octanol–water partition coefficient (Wildman–Crippen LogP) is 1.51. The van der Waals surface area contributed by atoms with Gasteiger partial charge in [-0.25, -0.2) is 14.0 Å². The Labute approximate surface area is 150 Å². The van der Waals surface area contributed by atoms with Crippen molar-refractivity contribution in [1.29, 1.82) is 0 Å². The van der Waals surface area contributed by atoms with Gasteiger partial charge in [0, 0.05) is 25.5 Å². The molecule has 0 aromatic heterocycles. The van der Waals surface area contributed by atoms with Gasteiger partial charge in [0.05, 0.1) is 26.4 Å². The van der Waals surface area contributed by atoms with Crippen molar-refractivity contribution in [3.8, 4) is 0 Å². The van der Waals surface area contributed by atoms with Crippen LogP contribution in [0.25, 0.3) is 0 Å². The van der Waals surface area contributed by atoms with Crippen molar-refractivity contribution in [2.45, 2.75) is 6.29 Å². The van der Waals surface area contributed by atoms with Crippen LogP contribution in [0, 0.1) is 5.82 Å². The summed E-state index contributed by atoms with van der Waals surface area (Å²) >= 11 is 0. The first-order valence-electron chi connectivity index (χ1n) is 7.58. The molecule has 1 aliphatic heterocycles. The molecule has 1 aromatic rings. The number of anilines is 1. The Balaban J connectivity index is 2.50. The average molecular weight is 369 g/mol. The Kier molecular flexibility index (Phi) is 6.67. The first-order chi connectivity index (χ1) is 12.5. The highest BCUT2D eigenvalue weighted by Gasteiger charge is 2.32. The number of methoxy groups -OCH3 is 4. The number of ether oxygens (including phenoxy) is 5. The van der Waals surface area contributed by atoms with Crippen LogP contribution in [0.3, 0.4) is 0 Å². The number of carbonyl (C=O) groups is 2. The summed E-state index contributed by atoms with van der Waals surface area (Å²) in [5, 5.41) is 0. The van der Waals surface area contributed by atoms with E-state index in [2.05, 4.69) is 4.74 Å². The monoisotopic (exact) mass is 369 g/mol. The lowest BCUT2D eigenvalue weighted by molar-refractivity contribution is -0.140. The van der Waals surface area contributed by atoms with Crippen LogP contribution in [0.4, 0.5) is 10.1 Å². The number of nitrogens with zero attached hydrogens (tertiary/aromatic N) is 1. The minimum atomic E-state index is -0.872. The average Bonchev–Trinajstić information content (AvgIpc) is 2.68. The molecule has 0 amide bonds. The fraction of sp³-hybridized carbons (Fsp3) is 0.412. The van der Waals surface area contributed by atoms with Crippen LogP contribution in [-0.2, 0) is 33.3 Å². The van der Waals surface area contributed by atoms with Gasteiger partial charge in [-0.2, -0.15) is 0 Å². The van der Waals surface area contributed by atoms with E-state index < -0.39 is 24.0 Å². The molecule has 8 nitrogen and oxygen atoms in total. The molecule has 1 aliphatic rings. The molecule has 0 N–H and O–H groups in total. The predicted molar refractivity (Wildman–Crippen MR) is 87.5 cm³/mol. The topological polar surface area (TPSA) is 83.5 Å². The van der Waals surface area contributed by atoms with E-state index in [1.165, 1.54) is 45.5 Å². The first-order valence-corrected chi connectivity index (χ1v) is 7.58. The molecule has 0 spiro atoms. The van der Waals surface area contributed by atoms with Gasteiger partial charge >= 0.3 is 11.9 Å². The van der Waals surface area contributed by atoms with Crippen molar-refractivity contribution in [3.05, 3.63) is 40.8 Å². The molecule has 9 heteroatoms. The van der Waals surface area contributed by atoms with Crippen molar-refractivity contribution in [2.24, 2.45) is 0 Å². The molecule has 0 bridgehead atoms. The minimum Gasteiger partial charge on any atom is -0.466 e. The number of carbonyl (C=O) groups excluding carboxylic acids is 2. The zero-order valence-corrected chi connectivity index (χ0v) is 14.9. The van der Waals surface area contributed by atoms with E-state index >= 15 is 0 Å². The Morgan fingerprint density at radius 2 is 1.77 bits per heavy atom. The summed E-state index contributed by atoms with van der Waals surface area (Å²) in [6.07, 6.45) is -0.872. The summed E-state index contributed by atoms with van der Waals surface area (Å²) in [6.45, 7) is -0.189. The molecule has 0 fully saturated rings. The van der Waals surface area contributed by atoms with Crippen LogP contribution in [0.2, 0.25) is 0 Å². The molecule has 0 saturated heterocycles. The lowest BCUT2D eigenvalue weighted by Gasteiger charge is -2.31. The Hall–Kier alpha value is -2.49. The highest BCUT2D eigenvalue weighted by atomic mass is 19.1. The van der Waals surface area contributed by atoms with Gasteiger partial charge < -0.3 is 28.6 Å². The van der Waals surface area contributed by atoms with E-state index in [4.69, 9.17) is 18.9 Å². The minimum absolute atomic E-state index is 0.0123. The molecule has 0 aliphatic carbocycles. The number of rotatable bonds is 6. The highest BCUT2D eigenvalue weighted by molar-refractivity contribution is 6.03. The summed E-state index contributed by atoms with van der Waals surface area (Å²) in [5.74, 6) is -2.10. The summed E-state index contributed by atoms with van der Waals surface area (Å²) in [5.41, 5.74) is 0.404. The summed E-state index contributed by atoms with van der Waals surface area (Å²) in [6, 6.07) is 4.20. The number of halogens is 1. The molecule has 0 saturated carbocycles. The summed E-state index contributed by atoms with van der Waals surface area (Å²) in [7, 11) is 5.15. The third-order valence-corrected chi connectivity index (χ3v) is 3.81. The highest BCUT2D eigenvalue weighted by Crippen LogP contribution is 2.30. The lowest BCUT2D eigenvalue weighted by Crippen LogP contribution is -2.38. The van der Waals surface area contributed by atoms with Crippen LogP contribution in [0.5, 0.6) is 0 Å². The van der Waals surface area contributed by atoms with Crippen molar-refractivity contribution in [3.63, 3.8) is 0 Å². The van der Waals surface area contributed by atoms with Crippen molar-refractivity contribution >= 4 is 17.6 Å². The third kappa shape index (κ3) is 3.85. The van der Waals surface area contributed by atoms with Gasteiger partial charge in [-0.15, -0.1) is 0 Å². The van der Waals surface area contributed by atoms with E-state index in [1.54, 1.807) is 6.07 Å². The molecule has 0 atom stereocenters. The van der Waals surface area contributed by atoms with Gasteiger partial charge in [0.25, 0.3) is 0 Å². The molecule has 142 valence electrons. The van der Waals surface area contributed by atoms with Gasteiger partial charge in [0.15, 0.2) is 6.29 Å². The third-order valence-electron chi connectivity index (χ3n) is 3.81. The van der Waals surface area contributed by atoms with Crippen molar-refractivity contribution < 1.29 is 37.7 Å². The summed E-state index contributed by atoms with van der Waals surface area (Å²) < 4.78 is 39.4.